The summed E-state index contributed by atoms with van der Waals surface area (Å²) in [6.07, 6.45) is 1.06. The average Bonchev–Trinajstić information content (AvgIpc) is 2.61. The second-order valence-corrected chi connectivity index (χ2v) is 2.38. The quantitative estimate of drug-likeness (QED) is 0.677. The first-order chi connectivity index (χ1) is 6.27. The van der Waals surface area contributed by atoms with Gasteiger partial charge in [0.15, 0.2) is 0 Å². The first-order valence-electron chi connectivity index (χ1n) is 3.49. The highest BCUT2D eigenvalue weighted by Crippen LogP contribution is 2.19. The van der Waals surface area contributed by atoms with Crippen LogP contribution in [0.15, 0.2) is 29.1 Å². The zero-order valence-corrected chi connectivity index (χ0v) is 6.37. The van der Waals surface area contributed by atoms with Crippen molar-refractivity contribution in [1.29, 1.82) is 0 Å². The molecule has 0 atom stereocenters. The Morgan fingerprint density at radius 1 is 1.23 bits per heavy atom. The highest BCUT2D eigenvalue weighted by Gasteiger charge is 2.09. The molecular formula is C8H4F2N2O. The van der Waals surface area contributed by atoms with Crippen molar-refractivity contribution < 1.29 is 13.3 Å². The molecule has 0 amide bonds. The van der Waals surface area contributed by atoms with Gasteiger partial charge in [0.1, 0.15) is 11.6 Å². The van der Waals surface area contributed by atoms with Crippen molar-refractivity contribution in [1.82, 2.24) is 10.1 Å². The van der Waals surface area contributed by atoms with E-state index in [4.69, 9.17) is 0 Å². The number of rotatable bonds is 1. The molecule has 2 aromatic rings. The van der Waals surface area contributed by atoms with Gasteiger partial charge in [-0.05, 0) is 18.2 Å². The van der Waals surface area contributed by atoms with Crippen molar-refractivity contribution in [2.75, 3.05) is 0 Å². The topological polar surface area (TPSA) is 38.9 Å². The molecule has 1 aromatic carbocycles. The van der Waals surface area contributed by atoms with E-state index in [2.05, 4.69) is 14.7 Å². The zero-order chi connectivity index (χ0) is 9.26. The summed E-state index contributed by atoms with van der Waals surface area (Å²) in [5.41, 5.74) is -0.00579. The summed E-state index contributed by atoms with van der Waals surface area (Å²) < 4.78 is 30.1. The van der Waals surface area contributed by atoms with Crippen molar-refractivity contribution in [2.45, 2.75) is 0 Å². The molecule has 0 radical (unpaired) electrons. The number of halogens is 2. The Bertz CT molecular complexity index is 414. The minimum Gasteiger partial charge on any atom is -0.342 e. The zero-order valence-electron chi connectivity index (χ0n) is 6.37. The Morgan fingerprint density at radius 2 is 2.08 bits per heavy atom. The Kier molecular flexibility index (Phi) is 1.77. The molecule has 0 bridgehead atoms. The molecule has 1 heterocycles. The molecule has 0 aliphatic rings. The maximum atomic E-state index is 13.0. The van der Waals surface area contributed by atoms with Crippen molar-refractivity contribution >= 4 is 0 Å². The smallest absolute Gasteiger partial charge is 0.214 e. The van der Waals surface area contributed by atoms with E-state index in [0.717, 1.165) is 24.6 Å². The van der Waals surface area contributed by atoms with Gasteiger partial charge in [-0.1, -0.05) is 5.16 Å². The van der Waals surface area contributed by atoms with Crippen LogP contribution < -0.4 is 0 Å². The van der Waals surface area contributed by atoms with Gasteiger partial charge in [0, 0.05) is 0 Å². The van der Waals surface area contributed by atoms with Crippen molar-refractivity contribution in [2.24, 2.45) is 0 Å². The van der Waals surface area contributed by atoms with Crippen molar-refractivity contribution in [3.63, 3.8) is 0 Å². The maximum Gasteiger partial charge on any atom is 0.214 e. The van der Waals surface area contributed by atoms with Crippen LogP contribution in [0, 0.1) is 11.6 Å². The summed E-state index contributed by atoms with van der Waals surface area (Å²) in [4.78, 5) is 3.60. The summed E-state index contributed by atoms with van der Waals surface area (Å²) in [7, 11) is 0. The lowest BCUT2D eigenvalue weighted by Gasteiger charge is -1.96. The number of aromatic nitrogens is 2. The standard InChI is InChI=1S/C8H4F2N2O/c9-5-1-2-7(10)6(3-5)8-11-4-13-12-8/h1-4H. The van der Waals surface area contributed by atoms with Crippen LogP contribution >= 0.6 is 0 Å². The van der Waals surface area contributed by atoms with Gasteiger partial charge in [-0.15, -0.1) is 0 Å². The van der Waals surface area contributed by atoms with E-state index in [1.54, 1.807) is 0 Å². The Hall–Kier alpha value is -1.78. The van der Waals surface area contributed by atoms with E-state index in [9.17, 15) is 8.78 Å². The minimum atomic E-state index is -0.581. The van der Waals surface area contributed by atoms with E-state index >= 15 is 0 Å². The van der Waals surface area contributed by atoms with Crippen LogP contribution in [0.3, 0.4) is 0 Å². The first kappa shape index (κ1) is 7.85. The van der Waals surface area contributed by atoms with Crippen molar-refractivity contribution in [3.05, 3.63) is 36.2 Å². The summed E-state index contributed by atoms with van der Waals surface area (Å²) in [5, 5.41) is 3.40. The summed E-state index contributed by atoms with van der Waals surface area (Å²) >= 11 is 0. The summed E-state index contributed by atoms with van der Waals surface area (Å²) in [5.74, 6) is -1.08. The highest BCUT2D eigenvalue weighted by molar-refractivity contribution is 5.54. The normalized spacial score (nSPS) is 10.3. The van der Waals surface area contributed by atoms with E-state index in [-0.39, 0.29) is 11.4 Å². The molecule has 5 heteroatoms. The van der Waals surface area contributed by atoms with E-state index in [0.29, 0.717) is 0 Å². The van der Waals surface area contributed by atoms with Crippen LogP contribution in [-0.2, 0) is 0 Å². The summed E-state index contributed by atoms with van der Waals surface area (Å²) in [6, 6.07) is 3.06. The Balaban J connectivity index is 2.57. The summed E-state index contributed by atoms with van der Waals surface area (Å²) in [6.45, 7) is 0. The lowest BCUT2D eigenvalue weighted by molar-refractivity contribution is 0.418. The van der Waals surface area contributed by atoms with Crippen LogP contribution in [0.5, 0.6) is 0 Å². The van der Waals surface area contributed by atoms with Crippen molar-refractivity contribution in [3.8, 4) is 11.4 Å². The van der Waals surface area contributed by atoms with Gasteiger partial charge < -0.3 is 4.52 Å². The number of hydrogen-bond donors (Lipinski definition) is 0. The van der Waals surface area contributed by atoms with Gasteiger partial charge in [-0.25, -0.2) is 8.78 Å². The molecule has 0 unspecified atom stereocenters. The fraction of sp³-hybridized carbons (Fsp3) is 0. The van der Waals surface area contributed by atoms with Gasteiger partial charge in [0.25, 0.3) is 0 Å². The molecule has 1 aromatic heterocycles. The van der Waals surface area contributed by atoms with Crippen LogP contribution in [0.1, 0.15) is 0 Å². The number of benzene rings is 1. The fourth-order valence-corrected chi connectivity index (χ4v) is 0.958. The SMILES string of the molecule is Fc1ccc(F)c(-c2ncon2)c1. The maximum absolute atomic E-state index is 13.0. The molecule has 13 heavy (non-hydrogen) atoms. The average molecular weight is 182 g/mol. The lowest BCUT2D eigenvalue weighted by atomic mass is 10.2. The van der Waals surface area contributed by atoms with Gasteiger partial charge in [-0.3, -0.25) is 0 Å². The molecule has 0 saturated heterocycles. The third kappa shape index (κ3) is 1.40. The molecular weight excluding hydrogens is 178 g/mol. The van der Waals surface area contributed by atoms with Gasteiger partial charge in [0.05, 0.1) is 5.56 Å². The molecule has 0 spiro atoms. The molecule has 0 N–H and O–H groups in total. The second-order valence-electron chi connectivity index (χ2n) is 2.38. The second kappa shape index (κ2) is 2.93. The van der Waals surface area contributed by atoms with Crippen LogP contribution in [0.4, 0.5) is 8.78 Å². The molecule has 3 nitrogen and oxygen atoms in total. The molecule has 2 rings (SSSR count). The molecule has 0 fully saturated rings. The third-order valence-electron chi connectivity index (χ3n) is 1.53. The monoisotopic (exact) mass is 182 g/mol. The van der Waals surface area contributed by atoms with Crippen LogP contribution in [0.2, 0.25) is 0 Å². The molecule has 0 aliphatic carbocycles. The third-order valence-corrected chi connectivity index (χ3v) is 1.53. The Labute approximate surface area is 72.0 Å². The largest absolute Gasteiger partial charge is 0.342 e. The number of nitrogens with zero attached hydrogens (tertiary/aromatic N) is 2. The van der Waals surface area contributed by atoms with Gasteiger partial charge in [-0.2, -0.15) is 4.98 Å². The molecule has 66 valence electrons. The van der Waals surface area contributed by atoms with Crippen LogP contribution in [-0.4, -0.2) is 10.1 Å². The predicted octanol–water partition coefficient (Wildman–Crippen LogP) is 2.01. The molecule has 0 aliphatic heterocycles. The minimum absolute atomic E-state index is 0.00579. The first-order valence-corrected chi connectivity index (χ1v) is 3.49. The Morgan fingerprint density at radius 3 is 2.77 bits per heavy atom. The van der Waals surface area contributed by atoms with E-state index in [1.807, 2.05) is 0 Å². The highest BCUT2D eigenvalue weighted by atomic mass is 19.1. The van der Waals surface area contributed by atoms with Crippen LogP contribution in [0.25, 0.3) is 11.4 Å². The van der Waals surface area contributed by atoms with Gasteiger partial charge in [0.2, 0.25) is 12.2 Å². The number of hydrogen-bond acceptors (Lipinski definition) is 3. The van der Waals surface area contributed by atoms with Gasteiger partial charge >= 0.3 is 0 Å². The van der Waals surface area contributed by atoms with E-state index < -0.39 is 11.6 Å². The van der Waals surface area contributed by atoms with E-state index in [1.165, 1.54) is 0 Å². The molecule has 0 saturated carbocycles. The fourth-order valence-electron chi connectivity index (χ4n) is 0.958. The lowest BCUT2D eigenvalue weighted by Crippen LogP contribution is -1.87. The predicted molar refractivity (Wildman–Crippen MR) is 39.7 cm³/mol.